The fraction of sp³-hybridized carbons (Fsp3) is 0.421. The lowest BCUT2D eigenvalue weighted by atomic mass is 10.2. The second kappa shape index (κ2) is 9.07. The maximum Gasteiger partial charge on any atom is 0.421 e. The molecule has 0 aliphatic rings. The standard InChI is InChI=1S/C19H27N5O3/c1-19(2,3)27-18(26)24-13-15(23-16(24)20)10-7-11-21-17(25)22-12-14-8-5-4-6-9-14/h4-6,8-9,13H,7,10-12H2,1-3H3,(H2,20,23)(H2,21,22,25). The van der Waals surface area contributed by atoms with Gasteiger partial charge < -0.3 is 21.1 Å². The maximum absolute atomic E-state index is 12.1. The van der Waals surface area contributed by atoms with Crippen LogP contribution in [0.15, 0.2) is 36.5 Å². The minimum Gasteiger partial charge on any atom is -0.443 e. The van der Waals surface area contributed by atoms with Crippen molar-refractivity contribution in [2.24, 2.45) is 0 Å². The maximum atomic E-state index is 12.1. The highest BCUT2D eigenvalue weighted by molar-refractivity contribution is 5.74. The first-order valence-electron chi connectivity index (χ1n) is 8.87. The average Bonchev–Trinajstić information content (AvgIpc) is 2.97. The smallest absolute Gasteiger partial charge is 0.421 e. The van der Waals surface area contributed by atoms with Gasteiger partial charge in [-0.3, -0.25) is 0 Å². The monoisotopic (exact) mass is 373 g/mol. The minimum absolute atomic E-state index is 0.0906. The predicted octanol–water partition coefficient (Wildman–Crippen LogP) is 2.68. The zero-order valence-corrected chi connectivity index (χ0v) is 16.0. The number of anilines is 1. The molecular formula is C19H27N5O3. The van der Waals surface area contributed by atoms with Gasteiger partial charge in [0.15, 0.2) is 0 Å². The van der Waals surface area contributed by atoms with Gasteiger partial charge >= 0.3 is 12.1 Å². The summed E-state index contributed by atoms with van der Waals surface area (Å²) in [7, 11) is 0. The third-order valence-electron chi connectivity index (χ3n) is 3.56. The number of amides is 2. The van der Waals surface area contributed by atoms with E-state index in [1.54, 1.807) is 27.0 Å². The summed E-state index contributed by atoms with van der Waals surface area (Å²) in [6.45, 7) is 6.32. The topological polar surface area (TPSA) is 111 Å². The Balaban J connectivity index is 1.72. The van der Waals surface area contributed by atoms with Gasteiger partial charge in [0.2, 0.25) is 5.95 Å². The number of carbonyl (C=O) groups is 2. The van der Waals surface area contributed by atoms with Gasteiger partial charge in [0.25, 0.3) is 0 Å². The van der Waals surface area contributed by atoms with Crippen LogP contribution in [0.5, 0.6) is 0 Å². The number of aromatic nitrogens is 2. The van der Waals surface area contributed by atoms with E-state index in [9.17, 15) is 9.59 Å². The van der Waals surface area contributed by atoms with Crippen LogP contribution in [0.1, 0.15) is 38.4 Å². The number of nitrogen functional groups attached to an aromatic ring is 1. The Hall–Kier alpha value is -3.03. The SMILES string of the molecule is CC(C)(C)OC(=O)n1cc(CCCNC(=O)NCc2ccccc2)nc1N. The second-order valence-electron chi connectivity index (χ2n) is 7.14. The van der Waals surface area contributed by atoms with Crippen molar-refractivity contribution in [2.75, 3.05) is 12.3 Å². The molecule has 8 heteroatoms. The van der Waals surface area contributed by atoms with Crippen molar-refractivity contribution in [3.05, 3.63) is 47.8 Å². The van der Waals surface area contributed by atoms with Crippen molar-refractivity contribution in [1.29, 1.82) is 0 Å². The summed E-state index contributed by atoms with van der Waals surface area (Å²) < 4.78 is 6.47. The first-order valence-corrected chi connectivity index (χ1v) is 8.87. The fourth-order valence-corrected chi connectivity index (χ4v) is 2.33. The molecule has 0 aliphatic carbocycles. The summed E-state index contributed by atoms with van der Waals surface area (Å²) in [4.78, 5) is 28.0. The van der Waals surface area contributed by atoms with Crippen LogP contribution >= 0.6 is 0 Å². The van der Waals surface area contributed by atoms with Crippen LogP contribution in [0.3, 0.4) is 0 Å². The molecule has 2 rings (SSSR count). The molecule has 2 aromatic rings. The molecule has 0 unspecified atom stereocenters. The molecule has 1 aromatic heterocycles. The lowest BCUT2D eigenvalue weighted by molar-refractivity contribution is 0.0540. The Kier molecular flexibility index (Phi) is 6.81. The van der Waals surface area contributed by atoms with Crippen molar-refractivity contribution in [3.8, 4) is 0 Å². The van der Waals surface area contributed by atoms with Crippen molar-refractivity contribution < 1.29 is 14.3 Å². The van der Waals surface area contributed by atoms with Gasteiger partial charge in [-0.1, -0.05) is 30.3 Å². The van der Waals surface area contributed by atoms with Gasteiger partial charge in [-0.15, -0.1) is 0 Å². The van der Waals surface area contributed by atoms with E-state index >= 15 is 0 Å². The fourth-order valence-electron chi connectivity index (χ4n) is 2.33. The lowest BCUT2D eigenvalue weighted by Crippen LogP contribution is -2.35. The molecule has 27 heavy (non-hydrogen) atoms. The molecule has 4 N–H and O–H groups in total. The number of carbonyl (C=O) groups excluding carboxylic acids is 2. The van der Waals surface area contributed by atoms with E-state index in [-0.39, 0.29) is 12.0 Å². The summed E-state index contributed by atoms with van der Waals surface area (Å²) in [5.74, 6) is 0.0906. The number of urea groups is 1. The van der Waals surface area contributed by atoms with Gasteiger partial charge in [-0.25, -0.2) is 19.1 Å². The molecule has 0 radical (unpaired) electrons. The van der Waals surface area contributed by atoms with Crippen LogP contribution < -0.4 is 16.4 Å². The first kappa shape index (κ1) is 20.3. The quantitative estimate of drug-likeness (QED) is 0.674. The normalized spacial score (nSPS) is 11.1. The van der Waals surface area contributed by atoms with E-state index in [1.807, 2.05) is 30.3 Å². The number of nitrogens with one attached hydrogen (secondary N) is 2. The Morgan fingerprint density at radius 1 is 1.19 bits per heavy atom. The van der Waals surface area contributed by atoms with Crippen LogP contribution in [-0.4, -0.2) is 33.8 Å². The minimum atomic E-state index is -0.606. The molecule has 0 saturated heterocycles. The van der Waals surface area contributed by atoms with Crippen LogP contribution in [0.2, 0.25) is 0 Å². The third kappa shape index (κ3) is 7.01. The highest BCUT2D eigenvalue weighted by Gasteiger charge is 2.20. The van der Waals surface area contributed by atoms with Crippen LogP contribution in [-0.2, 0) is 17.7 Å². The zero-order valence-electron chi connectivity index (χ0n) is 16.0. The highest BCUT2D eigenvalue weighted by atomic mass is 16.6. The molecule has 0 bridgehead atoms. The van der Waals surface area contributed by atoms with Crippen molar-refractivity contribution in [2.45, 2.75) is 45.8 Å². The predicted molar refractivity (Wildman–Crippen MR) is 103 cm³/mol. The number of benzene rings is 1. The molecule has 8 nitrogen and oxygen atoms in total. The van der Waals surface area contributed by atoms with E-state index in [2.05, 4.69) is 15.6 Å². The summed E-state index contributed by atoms with van der Waals surface area (Å²) >= 11 is 0. The van der Waals surface area contributed by atoms with E-state index in [0.29, 0.717) is 31.6 Å². The zero-order chi connectivity index (χ0) is 19.9. The van der Waals surface area contributed by atoms with Crippen LogP contribution in [0, 0.1) is 0 Å². The van der Waals surface area contributed by atoms with Crippen molar-refractivity contribution in [1.82, 2.24) is 20.2 Å². The number of imidazole rings is 1. The Labute approximate surface area is 159 Å². The summed E-state index contributed by atoms with van der Waals surface area (Å²) in [5, 5.41) is 5.59. The largest absolute Gasteiger partial charge is 0.443 e. The molecule has 0 aliphatic heterocycles. The number of hydrogen-bond donors (Lipinski definition) is 3. The van der Waals surface area contributed by atoms with Crippen molar-refractivity contribution in [3.63, 3.8) is 0 Å². The van der Waals surface area contributed by atoms with Crippen LogP contribution in [0.4, 0.5) is 15.5 Å². The van der Waals surface area contributed by atoms with E-state index in [4.69, 9.17) is 10.5 Å². The van der Waals surface area contributed by atoms with Gasteiger partial charge in [0.1, 0.15) is 5.60 Å². The summed E-state index contributed by atoms with van der Waals surface area (Å²) in [6.07, 6.45) is 2.26. The van der Waals surface area contributed by atoms with E-state index in [0.717, 1.165) is 5.56 Å². The Morgan fingerprint density at radius 3 is 2.56 bits per heavy atom. The molecule has 146 valence electrons. The van der Waals surface area contributed by atoms with Gasteiger partial charge in [-0.05, 0) is 39.2 Å². The third-order valence-corrected chi connectivity index (χ3v) is 3.56. The summed E-state index contributed by atoms with van der Waals surface area (Å²) in [5.41, 5.74) is 6.88. The Morgan fingerprint density at radius 2 is 1.89 bits per heavy atom. The Bertz CT molecular complexity index is 765. The van der Waals surface area contributed by atoms with Crippen molar-refractivity contribution >= 4 is 18.1 Å². The molecular weight excluding hydrogens is 346 g/mol. The molecule has 0 atom stereocenters. The van der Waals surface area contributed by atoms with E-state index < -0.39 is 11.7 Å². The first-order chi connectivity index (χ1) is 12.7. The summed E-state index contributed by atoms with van der Waals surface area (Å²) in [6, 6.07) is 9.46. The lowest BCUT2D eigenvalue weighted by Gasteiger charge is -2.19. The number of aryl methyl sites for hydroxylation is 1. The van der Waals surface area contributed by atoms with Gasteiger partial charge in [0.05, 0.1) is 5.69 Å². The number of ether oxygens (including phenoxy) is 1. The van der Waals surface area contributed by atoms with Gasteiger partial charge in [0, 0.05) is 19.3 Å². The molecule has 0 fully saturated rings. The molecule has 1 heterocycles. The second-order valence-corrected chi connectivity index (χ2v) is 7.14. The number of nitrogens with two attached hydrogens (primary N) is 1. The number of rotatable bonds is 6. The van der Waals surface area contributed by atoms with Gasteiger partial charge in [-0.2, -0.15) is 0 Å². The average molecular weight is 373 g/mol. The van der Waals surface area contributed by atoms with Crippen LogP contribution in [0.25, 0.3) is 0 Å². The molecule has 1 aromatic carbocycles. The molecule has 2 amide bonds. The molecule has 0 spiro atoms. The highest BCUT2D eigenvalue weighted by Crippen LogP contribution is 2.13. The number of nitrogens with zero attached hydrogens (tertiary/aromatic N) is 2. The molecule has 0 saturated carbocycles. The van der Waals surface area contributed by atoms with E-state index in [1.165, 1.54) is 4.57 Å². The number of hydrogen-bond acceptors (Lipinski definition) is 5.